The van der Waals surface area contributed by atoms with Gasteiger partial charge in [-0.05, 0) is 68.7 Å². The Morgan fingerprint density at radius 3 is 2.18 bits per heavy atom. The molecule has 3 aromatic rings. The van der Waals surface area contributed by atoms with E-state index in [9.17, 15) is 18.0 Å². The lowest BCUT2D eigenvalue weighted by atomic mass is 10.1. The first-order chi connectivity index (χ1) is 18.6. The molecule has 4 rings (SSSR count). The van der Waals surface area contributed by atoms with Crippen LogP contribution in [0.4, 0.5) is 5.69 Å². The molecule has 39 heavy (non-hydrogen) atoms. The first-order valence-electron chi connectivity index (χ1n) is 13.1. The zero-order valence-electron chi connectivity index (χ0n) is 22.2. The van der Waals surface area contributed by atoms with Crippen molar-refractivity contribution in [2.45, 2.75) is 63.1 Å². The second-order valence-electron chi connectivity index (χ2n) is 9.97. The highest BCUT2D eigenvalue weighted by atomic mass is 35.5. The first kappa shape index (κ1) is 28.6. The SMILES string of the molecule is Cc1ccc(CN(C(=O)CN(c2ccccc2)S(=O)(=O)c2ccc(Cl)cc2)[C@@H](C)C(=O)NC2CCCC2)cc1. The van der Waals surface area contributed by atoms with Crippen LogP contribution in [0, 0.1) is 6.92 Å². The molecule has 1 aliphatic carbocycles. The minimum absolute atomic E-state index is 0.0145. The number of nitrogens with zero attached hydrogens (tertiary/aromatic N) is 2. The average molecular weight is 568 g/mol. The van der Waals surface area contributed by atoms with Crippen molar-refractivity contribution in [3.8, 4) is 0 Å². The monoisotopic (exact) mass is 567 g/mol. The van der Waals surface area contributed by atoms with Crippen LogP contribution in [-0.4, -0.2) is 43.8 Å². The van der Waals surface area contributed by atoms with Crippen LogP contribution in [0.25, 0.3) is 0 Å². The topological polar surface area (TPSA) is 86.8 Å². The van der Waals surface area contributed by atoms with Crippen molar-refractivity contribution >= 4 is 39.1 Å². The summed E-state index contributed by atoms with van der Waals surface area (Å²) in [7, 11) is -4.12. The van der Waals surface area contributed by atoms with Gasteiger partial charge in [0.2, 0.25) is 11.8 Å². The van der Waals surface area contributed by atoms with Gasteiger partial charge in [0.15, 0.2) is 0 Å². The molecule has 3 aromatic carbocycles. The van der Waals surface area contributed by atoms with E-state index in [0.29, 0.717) is 10.7 Å². The molecule has 0 aliphatic heterocycles. The van der Waals surface area contributed by atoms with Crippen LogP contribution in [0.5, 0.6) is 0 Å². The van der Waals surface area contributed by atoms with Crippen LogP contribution in [0.15, 0.2) is 83.8 Å². The van der Waals surface area contributed by atoms with Crippen molar-refractivity contribution in [2.24, 2.45) is 0 Å². The summed E-state index contributed by atoms with van der Waals surface area (Å²) in [4.78, 5) is 28.7. The lowest BCUT2D eigenvalue weighted by Gasteiger charge is -2.32. The van der Waals surface area contributed by atoms with E-state index in [0.717, 1.165) is 41.1 Å². The molecule has 1 atom stereocenters. The standard InChI is InChI=1S/C30H34ClN3O4S/c1-22-12-14-24(15-13-22)20-33(23(2)30(36)32-26-8-6-7-9-26)29(35)21-34(27-10-4-3-5-11-27)39(37,38)28-18-16-25(31)17-19-28/h3-5,10-19,23,26H,6-9,20-21H2,1-2H3,(H,32,36)/t23-/m0/s1. The van der Waals surface area contributed by atoms with Crippen LogP contribution in [0.3, 0.4) is 0 Å². The fraction of sp³-hybridized carbons (Fsp3) is 0.333. The van der Waals surface area contributed by atoms with Gasteiger partial charge in [-0.1, -0.05) is 72.5 Å². The number of nitrogens with one attached hydrogen (secondary N) is 1. The van der Waals surface area contributed by atoms with Crippen LogP contribution >= 0.6 is 11.6 Å². The van der Waals surface area contributed by atoms with Crippen molar-refractivity contribution in [3.05, 3.63) is 95.0 Å². The Hall–Kier alpha value is -3.36. The molecular weight excluding hydrogens is 534 g/mol. The number of carbonyl (C=O) groups is 2. The summed E-state index contributed by atoms with van der Waals surface area (Å²) < 4.78 is 28.6. The summed E-state index contributed by atoms with van der Waals surface area (Å²) in [5.74, 6) is -0.722. The summed E-state index contributed by atoms with van der Waals surface area (Å²) in [6.07, 6.45) is 3.98. The Morgan fingerprint density at radius 1 is 0.949 bits per heavy atom. The normalized spacial score (nSPS) is 14.5. The molecule has 0 unspecified atom stereocenters. The van der Waals surface area contributed by atoms with Gasteiger partial charge >= 0.3 is 0 Å². The van der Waals surface area contributed by atoms with Crippen molar-refractivity contribution in [2.75, 3.05) is 10.8 Å². The third-order valence-corrected chi connectivity index (χ3v) is 9.11. The number of sulfonamides is 1. The first-order valence-corrected chi connectivity index (χ1v) is 15.0. The predicted octanol–water partition coefficient (Wildman–Crippen LogP) is 5.32. The summed E-state index contributed by atoms with van der Waals surface area (Å²) in [5, 5.41) is 3.48. The van der Waals surface area contributed by atoms with Crippen molar-refractivity contribution < 1.29 is 18.0 Å². The fourth-order valence-electron chi connectivity index (χ4n) is 4.72. The molecule has 206 valence electrons. The van der Waals surface area contributed by atoms with Gasteiger partial charge in [0.05, 0.1) is 10.6 Å². The van der Waals surface area contributed by atoms with Gasteiger partial charge in [-0.15, -0.1) is 0 Å². The molecule has 7 nitrogen and oxygen atoms in total. The van der Waals surface area contributed by atoms with Crippen molar-refractivity contribution in [3.63, 3.8) is 0 Å². The number of rotatable bonds is 10. The fourth-order valence-corrected chi connectivity index (χ4v) is 6.26. The van der Waals surface area contributed by atoms with Crippen LogP contribution < -0.4 is 9.62 Å². The number of para-hydroxylation sites is 1. The number of anilines is 1. The summed E-state index contributed by atoms with van der Waals surface area (Å²) in [6, 6.07) is 21.3. The molecule has 1 aliphatic rings. The molecule has 1 saturated carbocycles. The van der Waals surface area contributed by atoms with Crippen molar-refractivity contribution in [1.82, 2.24) is 10.2 Å². The van der Waals surface area contributed by atoms with E-state index >= 15 is 0 Å². The number of benzene rings is 3. The summed E-state index contributed by atoms with van der Waals surface area (Å²) >= 11 is 5.99. The Balaban J connectivity index is 1.66. The minimum Gasteiger partial charge on any atom is -0.352 e. The van der Waals surface area contributed by atoms with Gasteiger partial charge in [0, 0.05) is 17.6 Å². The number of halogens is 1. The maximum Gasteiger partial charge on any atom is 0.264 e. The number of carbonyl (C=O) groups excluding carboxylic acids is 2. The molecule has 1 N–H and O–H groups in total. The molecule has 0 heterocycles. The van der Waals surface area contributed by atoms with E-state index in [1.165, 1.54) is 29.2 Å². The molecule has 0 bridgehead atoms. The maximum atomic E-state index is 13.9. The molecule has 0 aromatic heterocycles. The van der Waals surface area contributed by atoms with Gasteiger partial charge in [0.1, 0.15) is 12.6 Å². The van der Waals surface area contributed by atoms with Gasteiger partial charge in [-0.2, -0.15) is 0 Å². The number of hydrogen-bond acceptors (Lipinski definition) is 4. The number of amides is 2. The van der Waals surface area contributed by atoms with E-state index in [4.69, 9.17) is 11.6 Å². The highest BCUT2D eigenvalue weighted by Gasteiger charge is 2.33. The average Bonchev–Trinajstić information content (AvgIpc) is 3.44. The van der Waals surface area contributed by atoms with E-state index in [2.05, 4.69) is 5.32 Å². The van der Waals surface area contributed by atoms with Gasteiger partial charge in [-0.25, -0.2) is 8.42 Å². The maximum absolute atomic E-state index is 13.9. The number of hydrogen-bond donors (Lipinski definition) is 1. The zero-order chi connectivity index (χ0) is 28.0. The van der Waals surface area contributed by atoms with Crippen LogP contribution in [0.2, 0.25) is 5.02 Å². The Kier molecular flexibility index (Phi) is 9.30. The van der Waals surface area contributed by atoms with E-state index in [-0.39, 0.29) is 23.4 Å². The smallest absolute Gasteiger partial charge is 0.264 e. The van der Waals surface area contributed by atoms with Crippen LogP contribution in [0.1, 0.15) is 43.7 Å². The number of aryl methyl sites for hydroxylation is 1. The Bertz CT molecular complexity index is 1370. The predicted molar refractivity (Wildman–Crippen MR) is 154 cm³/mol. The molecule has 0 radical (unpaired) electrons. The van der Waals surface area contributed by atoms with Crippen LogP contribution in [-0.2, 0) is 26.2 Å². The van der Waals surface area contributed by atoms with Gasteiger partial charge in [-0.3, -0.25) is 13.9 Å². The second kappa shape index (κ2) is 12.7. The molecule has 1 fully saturated rings. The van der Waals surface area contributed by atoms with E-state index < -0.39 is 28.5 Å². The highest BCUT2D eigenvalue weighted by Crippen LogP contribution is 2.25. The summed E-state index contributed by atoms with van der Waals surface area (Å²) in [5.41, 5.74) is 2.27. The van der Waals surface area contributed by atoms with E-state index in [1.807, 2.05) is 31.2 Å². The highest BCUT2D eigenvalue weighted by molar-refractivity contribution is 7.92. The summed E-state index contributed by atoms with van der Waals surface area (Å²) in [6.45, 7) is 3.37. The Labute approximate surface area is 235 Å². The zero-order valence-corrected chi connectivity index (χ0v) is 23.8. The molecule has 2 amide bonds. The molecular formula is C30H34ClN3O4S. The lowest BCUT2D eigenvalue weighted by molar-refractivity contribution is -0.139. The van der Waals surface area contributed by atoms with E-state index in [1.54, 1.807) is 37.3 Å². The quantitative estimate of drug-likeness (QED) is 0.359. The minimum atomic E-state index is -4.12. The Morgan fingerprint density at radius 2 is 1.56 bits per heavy atom. The molecule has 0 spiro atoms. The lowest BCUT2D eigenvalue weighted by Crippen LogP contribution is -2.52. The molecule has 9 heteroatoms. The largest absolute Gasteiger partial charge is 0.352 e. The third-order valence-electron chi connectivity index (χ3n) is 7.07. The molecule has 0 saturated heterocycles. The van der Waals surface area contributed by atoms with Gasteiger partial charge < -0.3 is 10.2 Å². The van der Waals surface area contributed by atoms with Gasteiger partial charge in [0.25, 0.3) is 10.0 Å². The van der Waals surface area contributed by atoms with Crippen molar-refractivity contribution in [1.29, 1.82) is 0 Å². The third kappa shape index (κ3) is 7.19. The second-order valence-corrected chi connectivity index (χ2v) is 12.3.